The molecule has 2 aromatic carbocycles. The van der Waals surface area contributed by atoms with Gasteiger partial charge in [-0.15, -0.1) is 0 Å². The summed E-state index contributed by atoms with van der Waals surface area (Å²) in [6.45, 7) is 0. The fourth-order valence-electron chi connectivity index (χ4n) is 2.34. The zero-order valence-electron chi connectivity index (χ0n) is 11.1. The standard InChI is InChI=1S/C16H11F2NO2/c1-21-10-3-5-15-11(7-10)13(8-20)16(19-15)12-6-9(17)2-4-14(12)18/h2-8,19H,1H3. The molecule has 21 heavy (non-hydrogen) atoms. The first kappa shape index (κ1) is 13.3. The smallest absolute Gasteiger partial charge is 0.152 e. The summed E-state index contributed by atoms with van der Waals surface area (Å²) in [5.41, 5.74) is 1.20. The quantitative estimate of drug-likeness (QED) is 0.741. The van der Waals surface area contributed by atoms with Gasteiger partial charge < -0.3 is 9.72 Å². The number of benzene rings is 2. The van der Waals surface area contributed by atoms with Crippen LogP contribution < -0.4 is 4.74 Å². The van der Waals surface area contributed by atoms with Crippen molar-refractivity contribution in [1.82, 2.24) is 4.98 Å². The maximum atomic E-state index is 13.9. The number of carbonyl (C=O) groups excluding carboxylic acids is 1. The zero-order chi connectivity index (χ0) is 15.0. The molecule has 0 unspecified atom stereocenters. The molecule has 0 saturated heterocycles. The van der Waals surface area contributed by atoms with Crippen LogP contribution in [0.25, 0.3) is 22.2 Å². The third kappa shape index (κ3) is 2.16. The number of nitrogens with one attached hydrogen (secondary N) is 1. The van der Waals surface area contributed by atoms with Crippen molar-refractivity contribution in [3.8, 4) is 17.0 Å². The largest absolute Gasteiger partial charge is 0.497 e. The number of halogens is 2. The van der Waals surface area contributed by atoms with E-state index >= 15 is 0 Å². The highest BCUT2D eigenvalue weighted by atomic mass is 19.1. The second-order valence-electron chi connectivity index (χ2n) is 4.57. The van der Waals surface area contributed by atoms with E-state index in [0.29, 0.717) is 22.9 Å². The van der Waals surface area contributed by atoms with Crippen molar-refractivity contribution < 1.29 is 18.3 Å². The lowest BCUT2D eigenvalue weighted by molar-refractivity contribution is 0.112. The third-order valence-electron chi connectivity index (χ3n) is 3.36. The first-order valence-corrected chi connectivity index (χ1v) is 6.24. The Morgan fingerprint density at radius 2 is 1.95 bits per heavy atom. The lowest BCUT2D eigenvalue weighted by Gasteiger charge is -2.02. The number of hydrogen-bond donors (Lipinski definition) is 1. The Morgan fingerprint density at radius 3 is 2.67 bits per heavy atom. The molecule has 5 heteroatoms. The first-order valence-electron chi connectivity index (χ1n) is 6.24. The molecule has 3 nitrogen and oxygen atoms in total. The second-order valence-corrected chi connectivity index (χ2v) is 4.57. The van der Waals surface area contributed by atoms with Crippen LogP contribution in [0, 0.1) is 11.6 Å². The highest BCUT2D eigenvalue weighted by molar-refractivity contribution is 6.04. The molecule has 1 aromatic heterocycles. The highest BCUT2D eigenvalue weighted by Gasteiger charge is 2.16. The molecule has 3 rings (SSSR count). The number of aldehydes is 1. The molecule has 0 bridgehead atoms. The van der Waals surface area contributed by atoms with Gasteiger partial charge in [0, 0.05) is 22.0 Å². The monoisotopic (exact) mass is 287 g/mol. The number of fused-ring (bicyclic) bond motifs is 1. The number of H-pyrrole nitrogens is 1. The Kier molecular flexibility index (Phi) is 3.17. The van der Waals surface area contributed by atoms with Crippen LogP contribution in [0.2, 0.25) is 0 Å². The molecule has 1 N–H and O–H groups in total. The van der Waals surface area contributed by atoms with Crippen molar-refractivity contribution in [2.45, 2.75) is 0 Å². The van der Waals surface area contributed by atoms with E-state index in [0.717, 1.165) is 18.2 Å². The number of hydrogen-bond acceptors (Lipinski definition) is 2. The van der Waals surface area contributed by atoms with Crippen molar-refractivity contribution in [3.05, 3.63) is 53.6 Å². The average molecular weight is 287 g/mol. The molecule has 0 spiro atoms. The fraction of sp³-hybridized carbons (Fsp3) is 0.0625. The molecule has 0 saturated carbocycles. The summed E-state index contributed by atoms with van der Waals surface area (Å²) in [5.74, 6) is -0.589. The van der Waals surface area contributed by atoms with E-state index < -0.39 is 11.6 Å². The molecular weight excluding hydrogens is 276 g/mol. The second kappa shape index (κ2) is 5.01. The van der Waals surface area contributed by atoms with Gasteiger partial charge in [-0.3, -0.25) is 4.79 Å². The van der Waals surface area contributed by atoms with Gasteiger partial charge in [0.05, 0.1) is 12.8 Å². The minimum absolute atomic E-state index is 0.0206. The summed E-state index contributed by atoms with van der Waals surface area (Å²) >= 11 is 0. The number of ether oxygens (including phenoxy) is 1. The molecular formula is C16H11F2NO2. The SMILES string of the molecule is COc1ccc2[nH]c(-c3cc(F)ccc3F)c(C=O)c2c1. The third-order valence-corrected chi connectivity index (χ3v) is 3.36. The Balaban J connectivity index is 2.32. The summed E-state index contributed by atoms with van der Waals surface area (Å²) in [5, 5.41) is 0.600. The summed E-state index contributed by atoms with van der Waals surface area (Å²) in [4.78, 5) is 14.4. The normalized spacial score (nSPS) is 10.8. The van der Waals surface area contributed by atoms with Crippen molar-refractivity contribution in [2.75, 3.05) is 7.11 Å². The van der Waals surface area contributed by atoms with Crippen LogP contribution in [0.15, 0.2) is 36.4 Å². The molecule has 106 valence electrons. The Hall–Kier alpha value is -2.69. The lowest BCUT2D eigenvalue weighted by atomic mass is 10.1. The maximum absolute atomic E-state index is 13.9. The Bertz CT molecular complexity index is 840. The first-order chi connectivity index (χ1) is 10.1. The molecule has 0 aliphatic carbocycles. The molecule has 0 radical (unpaired) electrons. The van der Waals surface area contributed by atoms with Gasteiger partial charge in [-0.05, 0) is 36.4 Å². The van der Waals surface area contributed by atoms with Gasteiger partial charge in [-0.2, -0.15) is 0 Å². The average Bonchev–Trinajstić information content (AvgIpc) is 2.86. The van der Waals surface area contributed by atoms with Gasteiger partial charge >= 0.3 is 0 Å². The minimum atomic E-state index is -0.599. The van der Waals surface area contributed by atoms with Crippen molar-refractivity contribution >= 4 is 17.2 Å². The highest BCUT2D eigenvalue weighted by Crippen LogP contribution is 2.32. The van der Waals surface area contributed by atoms with E-state index in [1.165, 1.54) is 7.11 Å². The molecule has 0 aliphatic heterocycles. The van der Waals surface area contributed by atoms with Crippen molar-refractivity contribution in [3.63, 3.8) is 0 Å². The lowest BCUT2D eigenvalue weighted by Crippen LogP contribution is -1.90. The maximum Gasteiger partial charge on any atom is 0.152 e. The predicted octanol–water partition coefficient (Wildman–Crippen LogP) is 3.93. The van der Waals surface area contributed by atoms with E-state index in [9.17, 15) is 13.6 Å². The van der Waals surface area contributed by atoms with Gasteiger partial charge in [0.2, 0.25) is 0 Å². The molecule has 0 atom stereocenters. The minimum Gasteiger partial charge on any atom is -0.497 e. The van der Waals surface area contributed by atoms with E-state index in [-0.39, 0.29) is 16.8 Å². The van der Waals surface area contributed by atoms with Crippen molar-refractivity contribution in [2.24, 2.45) is 0 Å². The van der Waals surface area contributed by atoms with Crippen LogP contribution in [0.1, 0.15) is 10.4 Å². The van der Waals surface area contributed by atoms with E-state index in [1.807, 2.05) is 0 Å². The molecule has 0 aliphatic rings. The summed E-state index contributed by atoms with van der Waals surface area (Å²) in [6.07, 6.45) is 0.623. The number of rotatable bonds is 3. The number of aromatic amines is 1. The summed E-state index contributed by atoms with van der Waals surface area (Å²) < 4.78 is 32.4. The number of aromatic nitrogens is 1. The Morgan fingerprint density at radius 1 is 1.14 bits per heavy atom. The van der Waals surface area contributed by atoms with Gasteiger partial charge in [-0.1, -0.05) is 0 Å². The van der Waals surface area contributed by atoms with Gasteiger partial charge in [0.25, 0.3) is 0 Å². The van der Waals surface area contributed by atoms with Crippen molar-refractivity contribution in [1.29, 1.82) is 0 Å². The summed E-state index contributed by atoms with van der Waals surface area (Å²) in [7, 11) is 1.52. The van der Waals surface area contributed by atoms with E-state index in [4.69, 9.17) is 4.74 Å². The van der Waals surface area contributed by atoms with Crippen LogP contribution in [-0.2, 0) is 0 Å². The molecule has 1 heterocycles. The van der Waals surface area contributed by atoms with Crippen LogP contribution in [0.4, 0.5) is 8.78 Å². The Labute approximate surface area is 119 Å². The van der Waals surface area contributed by atoms with Crippen LogP contribution in [-0.4, -0.2) is 18.4 Å². The fourth-order valence-corrected chi connectivity index (χ4v) is 2.34. The summed E-state index contributed by atoms with van der Waals surface area (Å²) in [6, 6.07) is 8.25. The topological polar surface area (TPSA) is 42.1 Å². The molecule has 3 aromatic rings. The van der Waals surface area contributed by atoms with Gasteiger partial charge in [0.15, 0.2) is 6.29 Å². The molecule has 0 amide bonds. The van der Waals surface area contributed by atoms with Crippen LogP contribution in [0.5, 0.6) is 5.75 Å². The number of carbonyl (C=O) groups is 1. The molecule has 0 fully saturated rings. The van der Waals surface area contributed by atoms with Gasteiger partial charge in [-0.25, -0.2) is 8.78 Å². The zero-order valence-corrected chi connectivity index (χ0v) is 11.1. The van der Waals surface area contributed by atoms with Crippen LogP contribution in [0.3, 0.4) is 0 Å². The van der Waals surface area contributed by atoms with E-state index in [1.54, 1.807) is 18.2 Å². The number of methoxy groups -OCH3 is 1. The predicted molar refractivity (Wildman–Crippen MR) is 75.6 cm³/mol. The van der Waals surface area contributed by atoms with Crippen LogP contribution >= 0.6 is 0 Å². The van der Waals surface area contributed by atoms with E-state index in [2.05, 4.69) is 4.98 Å². The van der Waals surface area contributed by atoms with Gasteiger partial charge in [0.1, 0.15) is 17.4 Å².